The highest BCUT2D eigenvalue weighted by molar-refractivity contribution is 7.89. The number of rotatable bonds is 9. The Hall–Kier alpha value is -1.97. The monoisotopic (exact) mass is 425 g/mol. The number of benzene rings is 1. The van der Waals surface area contributed by atoms with E-state index in [4.69, 9.17) is 0 Å². The number of carbonyl (C=O) groups is 2. The second-order valence-electron chi connectivity index (χ2n) is 7.18. The van der Waals surface area contributed by atoms with Crippen molar-refractivity contribution < 1.29 is 22.9 Å². The molecule has 1 aliphatic rings. The molecule has 2 rings (SSSR count). The molecule has 0 atom stereocenters. The number of nitrogens with zero attached hydrogens (tertiary/aromatic N) is 2. The van der Waals surface area contributed by atoms with Crippen molar-refractivity contribution in [3.05, 3.63) is 29.8 Å². The molecule has 0 unspecified atom stereocenters. The molecule has 1 heterocycles. The third-order valence-corrected chi connectivity index (χ3v) is 7.25. The molecule has 1 fully saturated rings. The first-order valence-corrected chi connectivity index (χ1v) is 11.8. The molecule has 29 heavy (non-hydrogen) atoms. The van der Waals surface area contributed by atoms with Gasteiger partial charge < -0.3 is 15.1 Å². The van der Waals surface area contributed by atoms with Crippen LogP contribution < -0.4 is 10.2 Å². The molecule has 0 saturated carbocycles. The first-order chi connectivity index (χ1) is 13.8. The van der Waals surface area contributed by atoms with Crippen LogP contribution in [0.2, 0.25) is 0 Å². The van der Waals surface area contributed by atoms with Crippen LogP contribution in [0.3, 0.4) is 0 Å². The van der Waals surface area contributed by atoms with Gasteiger partial charge in [-0.25, -0.2) is 8.42 Å². The van der Waals surface area contributed by atoms with Gasteiger partial charge >= 0.3 is 0 Å². The molecule has 2 amide bonds. The molecule has 1 saturated heterocycles. The fraction of sp³-hybridized carbons (Fsp3) is 0.600. The predicted octanol–water partition coefficient (Wildman–Crippen LogP) is -0.416. The second kappa shape index (κ2) is 10.7. The zero-order chi connectivity index (χ0) is 21.4. The minimum atomic E-state index is -3.53. The average molecular weight is 426 g/mol. The number of amides is 2. The van der Waals surface area contributed by atoms with Gasteiger partial charge in [-0.15, -0.1) is 0 Å². The molecule has 2 N–H and O–H groups in total. The largest absolute Gasteiger partial charge is 0.351 e. The van der Waals surface area contributed by atoms with E-state index in [9.17, 15) is 18.0 Å². The van der Waals surface area contributed by atoms with E-state index in [0.717, 1.165) is 19.5 Å². The van der Waals surface area contributed by atoms with Gasteiger partial charge in [-0.3, -0.25) is 9.59 Å². The van der Waals surface area contributed by atoms with Crippen molar-refractivity contribution in [3.63, 3.8) is 0 Å². The van der Waals surface area contributed by atoms with E-state index in [0.29, 0.717) is 44.8 Å². The Morgan fingerprint density at radius 1 is 1.07 bits per heavy atom. The maximum absolute atomic E-state index is 12.8. The second-order valence-corrected chi connectivity index (χ2v) is 9.12. The van der Waals surface area contributed by atoms with Gasteiger partial charge in [-0.2, -0.15) is 4.31 Å². The molecule has 0 radical (unpaired) electrons. The smallest absolute Gasteiger partial charge is 0.275 e. The van der Waals surface area contributed by atoms with E-state index >= 15 is 0 Å². The highest BCUT2D eigenvalue weighted by Gasteiger charge is 2.27. The van der Waals surface area contributed by atoms with Crippen LogP contribution in [0, 0.1) is 0 Å². The van der Waals surface area contributed by atoms with E-state index < -0.39 is 10.0 Å². The first kappa shape index (κ1) is 23.3. The number of carbonyl (C=O) groups excluding carboxylic acids is 2. The molecule has 1 aromatic carbocycles. The van der Waals surface area contributed by atoms with Gasteiger partial charge in [-0.05, 0) is 30.7 Å². The van der Waals surface area contributed by atoms with Gasteiger partial charge in [0.1, 0.15) is 0 Å². The molecule has 8 nitrogen and oxygen atoms in total. The SMILES string of the molecule is CCCNC(=O)C[NH+]1CCN(C(=O)c2ccc(S(=O)(=O)N(CC)CC)cc2)CC1. The Bertz CT molecular complexity index is 783. The lowest BCUT2D eigenvalue weighted by Gasteiger charge is -2.32. The van der Waals surface area contributed by atoms with E-state index in [1.807, 2.05) is 6.92 Å². The summed E-state index contributed by atoms with van der Waals surface area (Å²) in [4.78, 5) is 27.7. The van der Waals surface area contributed by atoms with Crippen molar-refractivity contribution in [1.29, 1.82) is 0 Å². The molecule has 9 heteroatoms. The molecule has 1 aromatic rings. The molecule has 1 aliphatic heterocycles. The summed E-state index contributed by atoms with van der Waals surface area (Å²) in [6.45, 7) is 10.1. The van der Waals surface area contributed by atoms with Gasteiger partial charge in [0, 0.05) is 25.2 Å². The van der Waals surface area contributed by atoms with Crippen LogP contribution in [0.5, 0.6) is 0 Å². The number of hydrogen-bond acceptors (Lipinski definition) is 4. The first-order valence-electron chi connectivity index (χ1n) is 10.3. The summed E-state index contributed by atoms with van der Waals surface area (Å²) >= 11 is 0. The lowest BCUT2D eigenvalue weighted by atomic mass is 10.2. The van der Waals surface area contributed by atoms with Crippen LogP contribution in [0.4, 0.5) is 0 Å². The van der Waals surface area contributed by atoms with Gasteiger partial charge in [-0.1, -0.05) is 20.8 Å². The molecule has 0 aliphatic carbocycles. The van der Waals surface area contributed by atoms with E-state index in [2.05, 4.69) is 5.32 Å². The third-order valence-electron chi connectivity index (χ3n) is 5.18. The summed E-state index contributed by atoms with van der Waals surface area (Å²) in [7, 11) is -3.53. The van der Waals surface area contributed by atoms with E-state index in [1.165, 1.54) is 21.3 Å². The third kappa shape index (κ3) is 6.01. The van der Waals surface area contributed by atoms with Gasteiger partial charge in [0.05, 0.1) is 31.1 Å². The molecule has 0 bridgehead atoms. The topological polar surface area (TPSA) is 91.2 Å². The number of sulfonamides is 1. The van der Waals surface area contributed by atoms with Gasteiger partial charge in [0.2, 0.25) is 10.0 Å². The van der Waals surface area contributed by atoms with Crippen molar-refractivity contribution in [1.82, 2.24) is 14.5 Å². The fourth-order valence-electron chi connectivity index (χ4n) is 3.42. The van der Waals surface area contributed by atoms with Crippen molar-refractivity contribution in [3.8, 4) is 0 Å². The fourth-order valence-corrected chi connectivity index (χ4v) is 4.88. The van der Waals surface area contributed by atoms with Gasteiger partial charge in [0.15, 0.2) is 6.54 Å². The minimum Gasteiger partial charge on any atom is -0.351 e. The predicted molar refractivity (Wildman–Crippen MR) is 111 cm³/mol. The maximum atomic E-state index is 12.8. The van der Waals surface area contributed by atoms with Crippen LogP contribution in [-0.4, -0.2) is 81.8 Å². The summed E-state index contributed by atoms with van der Waals surface area (Å²) in [6, 6.07) is 6.16. The van der Waals surface area contributed by atoms with Crippen molar-refractivity contribution in [2.24, 2.45) is 0 Å². The van der Waals surface area contributed by atoms with Crippen LogP contribution in [0.25, 0.3) is 0 Å². The molecular weight excluding hydrogens is 392 g/mol. The summed E-state index contributed by atoms with van der Waals surface area (Å²) in [5, 5.41) is 2.88. The number of hydrogen-bond donors (Lipinski definition) is 2. The zero-order valence-corrected chi connectivity index (χ0v) is 18.4. The van der Waals surface area contributed by atoms with Crippen molar-refractivity contribution >= 4 is 21.8 Å². The highest BCUT2D eigenvalue weighted by Crippen LogP contribution is 2.17. The summed E-state index contributed by atoms with van der Waals surface area (Å²) in [5.74, 6) is -0.0575. The van der Waals surface area contributed by atoms with Crippen molar-refractivity contribution in [2.75, 3.05) is 52.4 Å². The number of piperazine rings is 1. The number of quaternary nitrogens is 1. The Kier molecular flexibility index (Phi) is 8.60. The Morgan fingerprint density at radius 3 is 2.17 bits per heavy atom. The Morgan fingerprint density at radius 2 is 1.66 bits per heavy atom. The summed E-state index contributed by atoms with van der Waals surface area (Å²) < 4.78 is 26.5. The molecule has 0 aromatic heterocycles. The van der Waals surface area contributed by atoms with Crippen LogP contribution in [0.1, 0.15) is 37.6 Å². The lowest BCUT2D eigenvalue weighted by molar-refractivity contribution is -0.896. The van der Waals surface area contributed by atoms with Crippen molar-refractivity contribution in [2.45, 2.75) is 32.1 Å². The maximum Gasteiger partial charge on any atom is 0.275 e. The van der Waals surface area contributed by atoms with Crippen LogP contribution >= 0.6 is 0 Å². The normalized spacial score (nSPS) is 15.5. The van der Waals surface area contributed by atoms with E-state index in [-0.39, 0.29) is 16.7 Å². The summed E-state index contributed by atoms with van der Waals surface area (Å²) in [6.07, 6.45) is 0.915. The Balaban J connectivity index is 1.94. The van der Waals surface area contributed by atoms with E-state index in [1.54, 1.807) is 30.9 Å². The zero-order valence-electron chi connectivity index (χ0n) is 17.6. The highest BCUT2D eigenvalue weighted by atomic mass is 32.2. The quantitative estimate of drug-likeness (QED) is 0.562. The molecule has 0 spiro atoms. The molecule has 162 valence electrons. The van der Waals surface area contributed by atoms with Crippen LogP contribution in [-0.2, 0) is 14.8 Å². The lowest BCUT2D eigenvalue weighted by Crippen LogP contribution is -3.15. The van der Waals surface area contributed by atoms with Crippen LogP contribution in [0.15, 0.2) is 29.2 Å². The minimum absolute atomic E-state index is 0.0478. The number of nitrogens with one attached hydrogen (secondary N) is 2. The Labute approximate surface area is 173 Å². The molecular formula is C20H33N4O4S+. The van der Waals surface area contributed by atoms with Gasteiger partial charge in [0.25, 0.3) is 11.8 Å². The average Bonchev–Trinajstić information content (AvgIpc) is 2.73. The standard InChI is InChI=1S/C20H32N4O4S/c1-4-11-21-19(25)16-22-12-14-23(15-13-22)20(26)17-7-9-18(10-8-17)29(27,28)24(5-2)6-3/h7-10H,4-6,11-16H2,1-3H3,(H,21,25)/p+1. The summed E-state index contributed by atoms with van der Waals surface area (Å²) in [5.41, 5.74) is 0.479.